The Morgan fingerprint density at radius 1 is 1.12 bits per heavy atom. The van der Waals surface area contributed by atoms with Crippen LogP contribution in [0.15, 0.2) is 58.5 Å². The molecule has 4 heterocycles. The summed E-state index contributed by atoms with van der Waals surface area (Å²) in [6.07, 6.45) is -2.93. The van der Waals surface area contributed by atoms with Gasteiger partial charge in [0.15, 0.2) is 13.2 Å². The number of pyridine rings is 1. The Balaban J connectivity index is 1.39. The topological polar surface area (TPSA) is 81.1 Å². The number of nitrogens with zero attached hydrogens (tertiary/aromatic N) is 3. The molecule has 0 radical (unpaired) electrons. The Labute approximate surface area is 194 Å². The zero-order chi connectivity index (χ0) is 23.4. The molecular formula is C21H16F3N3O4S2. The number of hydrogen-bond donors (Lipinski definition) is 0. The lowest BCUT2D eigenvalue weighted by molar-refractivity contribution is -0.154. The van der Waals surface area contributed by atoms with E-state index in [4.69, 9.17) is 4.74 Å². The van der Waals surface area contributed by atoms with Gasteiger partial charge in [0.05, 0.1) is 22.2 Å². The first-order valence-corrected chi connectivity index (χ1v) is 11.4. The van der Waals surface area contributed by atoms with E-state index in [1.165, 1.54) is 33.7 Å². The molecule has 3 aromatic heterocycles. The summed E-state index contributed by atoms with van der Waals surface area (Å²) in [4.78, 5) is 30.7. The summed E-state index contributed by atoms with van der Waals surface area (Å²) in [6, 6.07) is 9.68. The van der Waals surface area contributed by atoms with Crippen LogP contribution in [0.3, 0.4) is 0 Å². The van der Waals surface area contributed by atoms with Crippen molar-refractivity contribution in [1.29, 1.82) is 0 Å². The number of rotatable bonds is 7. The van der Waals surface area contributed by atoms with E-state index in [-0.39, 0.29) is 17.5 Å². The van der Waals surface area contributed by atoms with E-state index in [0.29, 0.717) is 6.42 Å². The fourth-order valence-corrected chi connectivity index (χ4v) is 4.59. The van der Waals surface area contributed by atoms with E-state index < -0.39 is 31.3 Å². The number of carbonyl (C=O) groups is 2. The van der Waals surface area contributed by atoms with Gasteiger partial charge in [-0.1, -0.05) is 12.1 Å². The van der Waals surface area contributed by atoms with E-state index in [0.717, 1.165) is 27.7 Å². The zero-order valence-electron chi connectivity index (χ0n) is 16.8. The van der Waals surface area contributed by atoms with Gasteiger partial charge in [0, 0.05) is 23.6 Å². The SMILES string of the molecule is O=C(OCC(=O)N1N=C(c2cccs2)CC1c1cccs1)c1ccc(OCC(F)(F)F)nc1. The largest absolute Gasteiger partial charge is 0.468 e. The van der Waals surface area contributed by atoms with Crippen LogP contribution in [-0.4, -0.2) is 47.0 Å². The van der Waals surface area contributed by atoms with Crippen LogP contribution in [0.25, 0.3) is 0 Å². The van der Waals surface area contributed by atoms with E-state index >= 15 is 0 Å². The Kier molecular flexibility index (Phi) is 6.75. The van der Waals surface area contributed by atoms with Crippen LogP contribution in [0.5, 0.6) is 5.88 Å². The standard InChI is InChI=1S/C21H16F3N3O4S2/c22-21(23,24)12-31-18-6-5-13(10-25-18)20(29)30-11-19(28)27-15(17-4-2-8-33-17)9-14(26-27)16-3-1-7-32-16/h1-8,10,15H,9,11-12H2. The highest BCUT2D eigenvalue weighted by molar-refractivity contribution is 7.12. The third-order valence-corrected chi connectivity index (χ3v) is 6.42. The van der Waals surface area contributed by atoms with Crippen molar-refractivity contribution >= 4 is 40.3 Å². The van der Waals surface area contributed by atoms with Crippen molar-refractivity contribution in [2.75, 3.05) is 13.2 Å². The van der Waals surface area contributed by atoms with Crippen molar-refractivity contribution in [2.45, 2.75) is 18.6 Å². The Morgan fingerprint density at radius 3 is 2.55 bits per heavy atom. The Bertz CT molecular complexity index is 1130. The lowest BCUT2D eigenvalue weighted by Crippen LogP contribution is -2.31. The number of carbonyl (C=O) groups excluding carboxylic acids is 2. The monoisotopic (exact) mass is 495 g/mol. The van der Waals surface area contributed by atoms with Crippen molar-refractivity contribution < 1.29 is 32.2 Å². The summed E-state index contributed by atoms with van der Waals surface area (Å²) in [6.45, 7) is -2.04. The maximum Gasteiger partial charge on any atom is 0.422 e. The lowest BCUT2D eigenvalue weighted by Gasteiger charge is -2.20. The van der Waals surface area contributed by atoms with Gasteiger partial charge >= 0.3 is 12.1 Å². The van der Waals surface area contributed by atoms with Crippen LogP contribution in [0, 0.1) is 0 Å². The number of hydrazone groups is 1. The van der Waals surface area contributed by atoms with E-state index in [9.17, 15) is 22.8 Å². The second-order valence-corrected chi connectivity index (χ2v) is 8.79. The van der Waals surface area contributed by atoms with Gasteiger partial charge in [-0.15, -0.1) is 22.7 Å². The van der Waals surface area contributed by atoms with Crippen molar-refractivity contribution in [3.63, 3.8) is 0 Å². The van der Waals surface area contributed by atoms with Gasteiger partial charge in [-0.2, -0.15) is 18.3 Å². The second kappa shape index (κ2) is 9.71. The lowest BCUT2D eigenvalue weighted by atomic mass is 10.1. The third kappa shape index (κ3) is 5.76. The third-order valence-electron chi connectivity index (χ3n) is 4.53. The van der Waals surface area contributed by atoms with E-state index in [1.54, 1.807) is 0 Å². The fourth-order valence-electron chi connectivity index (χ4n) is 3.05. The highest BCUT2D eigenvalue weighted by Gasteiger charge is 2.34. The minimum absolute atomic E-state index is 0.0267. The first kappa shape index (κ1) is 22.9. The molecule has 0 saturated carbocycles. The molecule has 1 amide bonds. The van der Waals surface area contributed by atoms with Gasteiger partial charge in [0.2, 0.25) is 5.88 Å². The summed E-state index contributed by atoms with van der Waals surface area (Å²) in [7, 11) is 0. The molecule has 1 aliphatic rings. The number of ether oxygens (including phenoxy) is 2. The number of esters is 1. The molecule has 7 nitrogen and oxygen atoms in total. The van der Waals surface area contributed by atoms with Crippen molar-refractivity contribution in [1.82, 2.24) is 9.99 Å². The molecule has 0 aromatic carbocycles. The van der Waals surface area contributed by atoms with Crippen LogP contribution >= 0.6 is 22.7 Å². The molecule has 1 unspecified atom stereocenters. The van der Waals surface area contributed by atoms with Gasteiger partial charge in [0.25, 0.3) is 5.91 Å². The normalized spacial score (nSPS) is 15.9. The van der Waals surface area contributed by atoms with Crippen LogP contribution in [0.2, 0.25) is 0 Å². The minimum atomic E-state index is -4.50. The average molecular weight is 496 g/mol. The van der Waals surface area contributed by atoms with Crippen molar-refractivity contribution in [2.24, 2.45) is 5.10 Å². The van der Waals surface area contributed by atoms with Crippen LogP contribution in [0.4, 0.5) is 13.2 Å². The minimum Gasteiger partial charge on any atom is -0.468 e. The predicted octanol–water partition coefficient (Wildman–Crippen LogP) is 4.68. The molecule has 0 aliphatic carbocycles. The molecule has 0 N–H and O–H groups in total. The first-order valence-electron chi connectivity index (χ1n) is 9.60. The molecule has 172 valence electrons. The molecular weight excluding hydrogens is 479 g/mol. The Hall–Kier alpha value is -3.25. The average Bonchev–Trinajstić information content (AvgIpc) is 3.55. The number of alkyl halides is 3. The summed E-state index contributed by atoms with van der Waals surface area (Å²) in [5.41, 5.74) is 0.753. The molecule has 0 fully saturated rings. The van der Waals surface area contributed by atoms with Crippen LogP contribution in [0.1, 0.15) is 32.6 Å². The molecule has 1 aliphatic heterocycles. The molecule has 33 heavy (non-hydrogen) atoms. The molecule has 1 atom stereocenters. The number of aromatic nitrogens is 1. The van der Waals surface area contributed by atoms with Gasteiger partial charge < -0.3 is 9.47 Å². The molecule has 0 saturated heterocycles. The van der Waals surface area contributed by atoms with Gasteiger partial charge in [-0.3, -0.25) is 4.79 Å². The van der Waals surface area contributed by atoms with Gasteiger partial charge in [0.1, 0.15) is 0 Å². The smallest absolute Gasteiger partial charge is 0.422 e. The summed E-state index contributed by atoms with van der Waals surface area (Å²) in [5.74, 6) is -1.62. The van der Waals surface area contributed by atoms with E-state index in [1.807, 2.05) is 35.0 Å². The predicted molar refractivity (Wildman–Crippen MR) is 115 cm³/mol. The second-order valence-electron chi connectivity index (χ2n) is 6.86. The first-order chi connectivity index (χ1) is 15.8. The van der Waals surface area contributed by atoms with Crippen LogP contribution in [-0.2, 0) is 9.53 Å². The number of halogens is 3. The fraction of sp³-hybridized carbons (Fsp3) is 0.238. The van der Waals surface area contributed by atoms with E-state index in [2.05, 4.69) is 14.8 Å². The highest BCUT2D eigenvalue weighted by Crippen LogP contribution is 2.35. The molecule has 4 rings (SSSR count). The van der Waals surface area contributed by atoms with Crippen LogP contribution < -0.4 is 4.74 Å². The zero-order valence-corrected chi connectivity index (χ0v) is 18.5. The van der Waals surface area contributed by atoms with Gasteiger partial charge in [-0.05, 0) is 29.0 Å². The van der Waals surface area contributed by atoms with Crippen molar-refractivity contribution in [3.8, 4) is 5.88 Å². The number of thiophene rings is 2. The molecule has 0 spiro atoms. The molecule has 0 bridgehead atoms. The van der Waals surface area contributed by atoms with Crippen molar-refractivity contribution in [3.05, 3.63) is 68.7 Å². The summed E-state index contributed by atoms with van der Waals surface area (Å²) < 4.78 is 46.2. The summed E-state index contributed by atoms with van der Waals surface area (Å²) in [5, 5.41) is 9.65. The Morgan fingerprint density at radius 2 is 1.91 bits per heavy atom. The molecule has 12 heteroatoms. The number of amides is 1. The summed E-state index contributed by atoms with van der Waals surface area (Å²) >= 11 is 3.03. The highest BCUT2D eigenvalue weighted by atomic mass is 32.1. The quantitative estimate of drug-likeness (QED) is 0.445. The number of hydrogen-bond acceptors (Lipinski definition) is 8. The maximum atomic E-state index is 12.8. The molecule has 3 aromatic rings. The van der Waals surface area contributed by atoms with Gasteiger partial charge in [-0.25, -0.2) is 14.8 Å². The maximum absolute atomic E-state index is 12.8.